The lowest BCUT2D eigenvalue weighted by Crippen LogP contribution is -2.24. The number of unbranched alkanes of at least 4 members (excludes halogenated alkanes) is 1. The van der Waals surface area contributed by atoms with Crippen LogP contribution in [0.5, 0.6) is 0 Å². The molecule has 0 radical (unpaired) electrons. The molecule has 17 heavy (non-hydrogen) atoms. The molecule has 2 aromatic rings. The van der Waals surface area contributed by atoms with Crippen LogP contribution in [0.3, 0.4) is 0 Å². The quantitative estimate of drug-likeness (QED) is 0.679. The molecule has 0 fully saturated rings. The van der Waals surface area contributed by atoms with Crippen LogP contribution in [0.25, 0.3) is 5.52 Å². The van der Waals surface area contributed by atoms with E-state index in [9.17, 15) is 4.79 Å². The second kappa shape index (κ2) is 5.82. The Kier molecular flexibility index (Phi) is 4.14. The summed E-state index contributed by atoms with van der Waals surface area (Å²) in [5.74, 6) is -0.0548. The van der Waals surface area contributed by atoms with E-state index in [1.165, 1.54) is 0 Å². The molecule has 0 spiro atoms. The van der Waals surface area contributed by atoms with Crippen LogP contribution in [-0.4, -0.2) is 27.4 Å². The zero-order valence-corrected chi connectivity index (χ0v) is 11.0. The smallest absolute Gasteiger partial charge is 0.255 e. The highest BCUT2D eigenvalue weighted by Gasteiger charge is 2.10. The second-order valence-electron chi connectivity index (χ2n) is 3.74. The third kappa shape index (κ3) is 2.85. The average molecular weight is 296 g/mol. The Labute approximate surface area is 108 Å². The number of carbonyl (C=O) groups is 1. The Bertz CT molecular complexity index is 509. The monoisotopic (exact) mass is 295 g/mol. The van der Waals surface area contributed by atoms with Gasteiger partial charge in [-0.3, -0.25) is 4.79 Å². The van der Waals surface area contributed by atoms with Gasteiger partial charge in [0.1, 0.15) is 0 Å². The Morgan fingerprint density at radius 3 is 3.12 bits per heavy atom. The van der Waals surface area contributed by atoms with Gasteiger partial charge in [-0.15, -0.1) is 0 Å². The van der Waals surface area contributed by atoms with Crippen molar-refractivity contribution in [1.82, 2.24) is 14.9 Å². The summed E-state index contributed by atoms with van der Waals surface area (Å²) in [6.45, 7) is 0.703. The highest BCUT2D eigenvalue weighted by molar-refractivity contribution is 9.09. The fraction of sp³-hybridized carbons (Fsp3) is 0.333. The molecule has 0 aliphatic rings. The first-order valence-electron chi connectivity index (χ1n) is 5.59. The zero-order chi connectivity index (χ0) is 12.1. The number of nitrogens with zero attached hydrogens (tertiary/aromatic N) is 2. The summed E-state index contributed by atoms with van der Waals surface area (Å²) < 4.78 is 1.70. The lowest BCUT2D eigenvalue weighted by Gasteiger charge is -2.02. The Morgan fingerprint density at radius 2 is 2.29 bits per heavy atom. The Balaban J connectivity index is 2.04. The third-order valence-electron chi connectivity index (χ3n) is 2.52. The number of amides is 1. The van der Waals surface area contributed by atoms with Crippen molar-refractivity contribution in [1.29, 1.82) is 0 Å². The highest BCUT2D eigenvalue weighted by atomic mass is 79.9. The number of aromatic nitrogens is 2. The Hall–Kier alpha value is -1.36. The minimum absolute atomic E-state index is 0.0548. The summed E-state index contributed by atoms with van der Waals surface area (Å²) in [7, 11) is 0. The van der Waals surface area contributed by atoms with Gasteiger partial charge in [0.25, 0.3) is 5.91 Å². The lowest BCUT2D eigenvalue weighted by molar-refractivity contribution is 0.0955. The van der Waals surface area contributed by atoms with Crippen molar-refractivity contribution in [3.63, 3.8) is 0 Å². The summed E-state index contributed by atoms with van der Waals surface area (Å²) in [6, 6.07) is 5.68. The van der Waals surface area contributed by atoms with Gasteiger partial charge in [-0.1, -0.05) is 22.0 Å². The molecule has 0 saturated heterocycles. The largest absolute Gasteiger partial charge is 0.352 e. The van der Waals surface area contributed by atoms with Crippen LogP contribution in [0.2, 0.25) is 0 Å². The predicted molar refractivity (Wildman–Crippen MR) is 70.6 cm³/mol. The molecular weight excluding hydrogens is 282 g/mol. The normalized spacial score (nSPS) is 10.6. The maximum Gasteiger partial charge on any atom is 0.255 e. The number of hydrogen-bond donors (Lipinski definition) is 1. The molecule has 0 unspecified atom stereocenters. The molecule has 90 valence electrons. The molecule has 0 aliphatic heterocycles. The maximum absolute atomic E-state index is 11.9. The van der Waals surface area contributed by atoms with Crippen molar-refractivity contribution in [2.75, 3.05) is 11.9 Å². The molecule has 0 aliphatic carbocycles. The maximum atomic E-state index is 11.9. The van der Waals surface area contributed by atoms with E-state index in [2.05, 4.69) is 26.3 Å². The van der Waals surface area contributed by atoms with E-state index in [-0.39, 0.29) is 5.91 Å². The van der Waals surface area contributed by atoms with Crippen LogP contribution < -0.4 is 5.32 Å². The van der Waals surface area contributed by atoms with Crippen molar-refractivity contribution in [3.8, 4) is 0 Å². The molecular formula is C12H14BrN3O. The zero-order valence-electron chi connectivity index (χ0n) is 9.40. The average Bonchev–Trinajstić information content (AvgIpc) is 2.78. The van der Waals surface area contributed by atoms with E-state index in [1.807, 2.05) is 24.4 Å². The molecule has 2 heterocycles. The van der Waals surface area contributed by atoms with Crippen molar-refractivity contribution in [2.24, 2.45) is 0 Å². The first-order chi connectivity index (χ1) is 8.33. The second-order valence-corrected chi connectivity index (χ2v) is 4.53. The van der Waals surface area contributed by atoms with Crippen LogP contribution in [0.1, 0.15) is 23.2 Å². The molecule has 0 bridgehead atoms. The van der Waals surface area contributed by atoms with Crippen LogP contribution in [-0.2, 0) is 0 Å². The van der Waals surface area contributed by atoms with Crippen LogP contribution in [0.4, 0.5) is 0 Å². The fourth-order valence-electron chi connectivity index (χ4n) is 1.63. The van der Waals surface area contributed by atoms with E-state index < -0.39 is 0 Å². The molecule has 1 N–H and O–H groups in total. The van der Waals surface area contributed by atoms with Gasteiger partial charge < -0.3 is 5.32 Å². The summed E-state index contributed by atoms with van der Waals surface area (Å²) in [5, 5.41) is 8.00. The number of rotatable bonds is 5. The summed E-state index contributed by atoms with van der Waals surface area (Å²) in [6.07, 6.45) is 5.48. The van der Waals surface area contributed by atoms with Gasteiger partial charge in [-0.05, 0) is 25.0 Å². The highest BCUT2D eigenvalue weighted by Crippen LogP contribution is 2.09. The van der Waals surface area contributed by atoms with Gasteiger partial charge in [0, 0.05) is 18.1 Å². The minimum Gasteiger partial charge on any atom is -0.352 e. The Morgan fingerprint density at radius 1 is 1.41 bits per heavy atom. The summed E-state index contributed by atoms with van der Waals surface area (Å²) >= 11 is 3.36. The fourth-order valence-corrected chi connectivity index (χ4v) is 2.02. The summed E-state index contributed by atoms with van der Waals surface area (Å²) in [4.78, 5) is 11.9. The molecule has 0 saturated carbocycles. The number of fused-ring (bicyclic) bond motifs is 1. The molecule has 4 nitrogen and oxygen atoms in total. The predicted octanol–water partition coefficient (Wildman–Crippen LogP) is 2.24. The van der Waals surface area contributed by atoms with Gasteiger partial charge in [-0.2, -0.15) is 5.10 Å². The first kappa shape index (κ1) is 12.1. The van der Waals surface area contributed by atoms with E-state index in [4.69, 9.17) is 0 Å². The van der Waals surface area contributed by atoms with Gasteiger partial charge in [0.2, 0.25) is 0 Å². The van der Waals surface area contributed by atoms with Crippen molar-refractivity contribution in [3.05, 3.63) is 36.2 Å². The minimum atomic E-state index is -0.0548. The van der Waals surface area contributed by atoms with Crippen LogP contribution >= 0.6 is 15.9 Å². The van der Waals surface area contributed by atoms with Gasteiger partial charge in [0.15, 0.2) is 0 Å². The van der Waals surface area contributed by atoms with E-state index in [1.54, 1.807) is 10.7 Å². The molecule has 0 aromatic carbocycles. The standard InChI is InChI=1S/C12H14BrN3O/c13-6-2-3-7-14-12(17)10-9-15-16-8-4-1-5-11(10)16/h1,4-5,8-9H,2-3,6-7H2,(H,14,17). The number of halogens is 1. The number of alkyl halides is 1. The topological polar surface area (TPSA) is 46.4 Å². The van der Waals surface area contributed by atoms with Crippen molar-refractivity contribution >= 4 is 27.4 Å². The SMILES string of the molecule is O=C(NCCCCBr)c1cnn2ccccc12. The third-order valence-corrected chi connectivity index (χ3v) is 3.08. The lowest BCUT2D eigenvalue weighted by atomic mass is 10.2. The first-order valence-corrected chi connectivity index (χ1v) is 6.71. The van der Waals surface area contributed by atoms with Crippen LogP contribution in [0, 0.1) is 0 Å². The number of carbonyl (C=O) groups excluding carboxylic acids is 1. The molecule has 2 rings (SSSR count). The molecule has 1 amide bonds. The number of nitrogens with one attached hydrogen (secondary N) is 1. The molecule has 0 atom stereocenters. The van der Waals surface area contributed by atoms with E-state index >= 15 is 0 Å². The number of hydrogen-bond acceptors (Lipinski definition) is 2. The van der Waals surface area contributed by atoms with Crippen molar-refractivity contribution in [2.45, 2.75) is 12.8 Å². The van der Waals surface area contributed by atoms with Crippen LogP contribution in [0.15, 0.2) is 30.6 Å². The van der Waals surface area contributed by atoms with E-state index in [0.717, 1.165) is 23.7 Å². The number of pyridine rings is 1. The van der Waals surface area contributed by atoms with Gasteiger partial charge in [-0.25, -0.2) is 4.52 Å². The van der Waals surface area contributed by atoms with E-state index in [0.29, 0.717) is 12.1 Å². The van der Waals surface area contributed by atoms with Crippen molar-refractivity contribution < 1.29 is 4.79 Å². The molecule has 5 heteroatoms. The van der Waals surface area contributed by atoms with Gasteiger partial charge >= 0.3 is 0 Å². The van der Waals surface area contributed by atoms with Gasteiger partial charge in [0.05, 0.1) is 17.3 Å². The molecule has 2 aromatic heterocycles. The summed E-state index contributed by atoms with van der Waals surface area (Å²) in [5.41, 5.74) is 1.47.